The van der Waals surface area contributed by atoms with Gasteiger partial charge in [-0.25, -0.2) is 4.79 Å². The van der Waals surface area contributed by atoms with E-state index in [9.17, 15) is 19.2 Å². The Balaban J connectivity index is 1.41. The number of β-lactam (4-membered cyclic amide) rings is 1. The number of nitrogens with one attached hydrogen (secondary N) is 1. The molecule has 0 spiro atoms. The Kier molecular flexibility index (Phi) is 6.79. The summed E-state index contributed by atoms with van der Waals surface area (Å²) in [5.41, 5.74) is 1.71. The standard InChI is InChI=1S/C24H22N2O6S/c1-31-18-9-7-16(8-10-18)13-32-24(30)21-17(12-27)14-33-23-20(22(29)26(21)23)25-19(28)11-15-5-3-2-4-6-15/h2-10,12,20,23H,11,13-14H2,1H3,(H,25,28). The van der Waals surface area contributed by atoms with E-state index in [-0.39, 0.29) is 36.0 Å². The van der Waals surface area contributed by atoms with Crippen LogP contribution in [0.4, 0.5) is 0 Å². The number of esters is 1. The van der Waals surface area contributed by atoms with Crippen LogP contribution in [-0.4, -0.2) is 53.2 Å². The molecule has 170 valence electrons. The van der Waals surface area contributed by atoms with Crippen molar-refractivity contribution in [2.75, 3.05) is 12.9 Å². The molecule has 2 heterocycles. The number of methoxy groups -OCH3 is 1. The first-order chi connectivity index (χ1) is 16.0. The zero-order valence-corrected chi connectivity index (χ0v) is 18.7. The van der Waals surface area contributed by atoms with Crippen molar-refractivity contribution in [1.82, 2.24) is 10.2 Å². The molecule has 2 aromatic carbocycles. The van der Waals surface area contributed by atoms with Crippen molar-refractivity contribution in [3.8, 4) is 5.75 Å². The van der Waals surface area contributed by atoms with Crippen LogP contribution in [0.3, 0.4) is 0 Å². The third-order valence-corrected chi connectivity index (χ3v) is 6.69. The topological polar surface area (TPSA) is 102 Å². The fraction of sp³-hybridized carbons (Fsp3) is 0.250. The number of benzene rings is 2. The molecule has 2 aromatic rings. The van der Waals surface area contributed by atoms with E-state index < -0.39 is 23.3 Å². The Hall–Kier alpha value is -3.59. The van der Waals surface area contributed by atoms with Gasteiger partial charge in [-0.05, 0) is 23.3 Å². The van der Waals surface area contributed by atoms with E-state index >= 15 is 0 Å². The van der Waals surface area contributed by atoms with Crippen molar-refractivity contribution in [2.24, 2.45) is 0 Å². The van der Waals surface area contributed by atoms with Gasteiger partial charge in [-0.15, -0.1) is 11.8 Å². The van der Waals surface area contributed by atoms with Crippen molar-refractivity contribution in [3.63, 3.8) is 0 Å². The summed E-state index contributed by atoms with van der Waals surface area (Å²) in [7, 11) is 1.56. The van der Waals surface area contributed by atoms with Gasteiger partial charge in [0.25, 0.3) is 5.91 Å². The number of carbonyl (C=O) groups excluding carboxylic acids is 4. The zero-order chi connectivity index (χ0) is 23.4. The summed E-state index contributed by atoms with van der Waals surface area (Å²) in [5.74, 6) is -0.552. The molecule has 2 aliphatic heterocycles. The van der Waals surface area contributed by atoms with E-state index in [1.54, 1.807) is 31.4 Å². The molecule has 4 rings (SSSR count). The van der Waals surface area contributed by atoms with Crippen LogP contribution in [0, 0.1) is 0 Å². The van der Waals surface area contributed by atoms with Gasteiger partial charge in [0, 0.05) is 11.3 Å². The Morgan fingerprint density at radius 2 is 1.85 bits per heavy atom. The van der Waals surface area contributed by atoms with Gasteiger partial charge in [-0.2, -0.15) is 0 Å². The van der Waals surface area contributed by atoms with Crippen LogP contribution in [0.25, 0.3) is 0 Å². The molecular formula is C24H22N2O6S. The zero-order valence-electron chi connectivity index (χ0n) is 17.9. The van der Waals surface area contributed by atoms with E-state index in [2.05, 4.69) is 5.32 Å². The van der Waals surface area contributed by atoms with E-state index in [1.807, 2.05) is 30.3 Å². The Morgan fingerprint density at radius 3 is 2.52 bits per heavy atom. The third-order valence-electron chi connectivity index (χ3n) is 5.39. The molecule has 0 aliphatic carbocycles. The number of nitrogens with zero attached hydrogens (tertiary/aromatic N) is 1. The lowest BCUT2D eigenvalue weighted by molar-refractivity contribution is -0.153. The predicted octanol–water partition coefficient (Wildman–Crippen LogP) is 1.83. The monoisotopic (exact) mass is 466 g/mol. The third kappa shape index (κ3) is 4.78. The Bertz CT molecular complexity index is 1100. The summed E-state index contributed by atoms with van der Waals surface area (Å²) in [6.07, 6.45) is 0.718. The van der Waals surface area contributed by atoms with Gasteiger partial charge in [0.15, 0.2) is 0 Å². The molecule has 2 atom stereocenters. The summed E-state index contributed by atoms with van der Waals surface area (Å²) in [4.78, 5) is 50.9. The molecule has 33 heavy (non-hydrogen) atoms. The average molecular weight is 467 g/mol. The Labute approximate surface area is 194 Å². The van der Waals surface area contributed by atoms with Crippen molar-refractivity contribution in [3.05, 3.63) is 77.0 Å². The predicted molar refractivity (Wildman–Crippen MR) is 121 cm³/mol. The highest BCUT2D eigenvalue weighted by molar-refractivity contribution is 8.00. The lowest BCUT2D eigenvalue weighted by Gasteiger charge is -2.49. The number of aldehydes is 1. The van der Waals surface area contributed by atoms with Gasteiger partial charge in [-0.3, -0.25) is 19.3 Å². The van der Waals surface area contributed by atoms with Crippen molar-refractivity contribution < 1.29 is 28.7 Å². The maximum absolute atomic E-state index is 12.8. The maximum atomic E-state index is 12.8. The molecule has 0 radical (unpaired) electrons. The maximum Gasteiger partial charge on any atom is 0.355 e. The first-order valence-corrected chi connectivity index (χ1v) is 11.3. The molecule has 1 fully saturated rings. The fourth-order valence-corrected chi connectivity index (χ4v) is 4.96. The van der Waals surface area contributed by atoms with Crippen LogP contribution in [0.1, 0.15) is 11.1 Å². The SMILES string of the molecule is COc1ccc(COC(=O)C2=C(C=O)CSC3C(NC(=O)Cc4ccccc4)C(=O)N23)cc1. The molecule has 0 saturated carbocycles. The summed E-state index contributed by atoms with van der Waals surface area (Å²) in [6, 6.07) is 15.4. The quantitative estimate of drug-likeness (QED) is 0.360. The Morgan fingerprint density at radius 1 is 1.12 bits per heavy atom. The number of fused-ring (bicyclic) bond motifs is 1. The minimum atomic E-state index is -0.760. The molecule has 0 bridgehead atoms. The minimum Gasteiger partial charge on any atom is -0.497 e. The van der Waals surface area contributed by atoms with Crippen molar-refractivity contribution >= 4 is 35.8 Å². The molecule has 2 aliphatic rings. The van der Waals surface area contributed by atoms with Crippen LogP contribution < -0.4 is 10.1 Å². The van der Waals surface area contributed by atoms with Crippen LogP contribution in [0.2, 0.25) is 0 Å². The molecule has 1 saturated heterocycles. The summed E-state index contributed by atoms with van der Waals surface area (Å²) in [6.45, 7) is -0.0183. The van der Waals surface area contributed by atoms with Gasteiger partial charge in [0.2, 0.25) is 5.91 Å². The van der Waals surface area contributed by atoms with E-state index in [4.69, 9.17) is 9.47 Å². The average Bonchev–Trinajstić information content (AvgIpc) is 2.85. The van der Waals surface area contributed by atoms with Crippen LogP contribution >= 0.6 is 11.8 Å². The smallest absolute Gasteiger partial charge is 0.355 e. The normalized spacial score (nSPS) is 19.3. The van der Waals surface area contributed by atoms with Crippen molar-refractivity contribution in [1.29, 1.82) is 0 Å². The molecular weight excluding hydrogens is 444 g/mol. The molecule has 9 heteroatoms. The highest BCUT2D eigenvalue weighted by Crippen LogP contribution is 2.40. The molecule has 2 unspecified atom stereocenters. The second-order valence-corrected chi connectivity index (χ2v) is 8.64. The number of thioether (sulfide) groups is 1. The molecule has 8 nitrogen and oxygen atoms in total. The first kappa shape index (κ1) is 22.6. The molecule has 2 amide bonds. The lowest BCUT2D eigenvalue weighted by Crippen LogP contribution is -2.70. The number of ether oxygens (including phenoxy) is 2. The lowest BCUT2D eigenvalue weighted by atomic mass is 10.0. The van der Waals surface area contributed by atoms with E-state index in [0.717, 1.165) is 11.1 Å². The number of hydrogen-bond acceptors (Lipinski definition) is 7. The number of hydrogen-bond donors (Lipinski definition) is 1. The molecule has 1 N–H and O–H groups in total. The second-order valence-electron chi connectivity index (χ2n) is 7.53. The van der Waals surface area contributed by atoms with Crippen LogP contribution in [0.5, 0.6) is 5.75 Å². The summed E-state index contributed by atoms with van der Waals surface area (Å²) in [5, 5.41) is 2.28. The van der Waals surface area contributed by atoms with Gasteiger partial charge >= 0.3 is 5.97 Å². The van der Waals surface area contributed by atoms with E-state index in [0.29, 0.717) is 12.0 Å². The fourth-order valence-electron chi connectivity index (χ4n) is 3.67. The number of carbonyl (C=O) groups is 4. The second kappa shape index (κ2) is 9.91. The van der Waals surface area contributed by atoms with Crippen molar-refractivity contribution in [2.45, 2.75) is 24.4 Å². The first-order valence-electron chi connectivity index (χ1n) is 10.3. The summed E-state index contributed by atoms with van der Waals surface area (Å²) >= 11 is 1.33. The molecule has 0 aromatic heterocycles. The van der Waals surface area contributed by atoms with Gasteiger partial charge < -0.3 is 14.8 Å². The highest BCUT2D eigenvalue weighted by Gasteiger charge is 2.54. The number of rotatable bonds is 8. The van der Waals surface area contributed by atoms with Crippen LogP contribution in [0.15, 0.2) is 65.9 Å². The van der Waals surface area contributed by atoms with Gasteiger partial charge in [0.05, 0.1) is 13.5 Å². The minimum absolute atomic E-state index is 0.0183. The summed E-state index contributed by atoms with van der Waals surface area (Å²) < 4.78 is 10.5. The van der Waals surface area contributed by atoms with Crippen LogP contribution in [-0.2, 0) is 36.9 Å². The van der Waals surface area contributed by atoms with Gasteiger partial charge in [0.1, 0.15) is 35.8 Å². The highest BCUT2D eigenvalue weighted by atomic mass is 32.2. The van der Waals surface area contributed by atoms with E-state index in [1.165, 1.54) is 16.7 Å². The largest absolute Gasteiger partial charge is 0.497 e. The number of amides is 2. The van der Waals surface area contributed by atoms with Gasteiger partial charge in [-0.1, -0.05) is 42.5 Å².